The highest BCUT2D eigenvalue weighted by molar-refractivity contribution is 7.89. The van der Waals surface area contributed by atoms with E-state index in [1.54, 1.807) is 24.3 Å². The van der Waals surface area contributed by atoms with Crippen LogP contribution in [0.3, 0.4) is 0 Å². The fourth-order valence-corrected chi connectivity index (χ4v) is 5.92. The molecule has 7 heteroatoms. The molecule has 168 valence electrons. The number of halogens is 1. The number of carbonyl (C=O) groups is 1. The zero-order valence-corrected chi connectivity index (χ0v) is 19.2. The molecule has 1 aliphatic carbocycles. The molecule has 2 aromatic carbocycles. The number of carboxylic acids is 1. The molecule has 0 aliphatic heterocycles. The van der Waals surface area contributed by atoms with E-state index in [4.69, 9.17) is 16.7 Å². The van der Waals surface area contributed by atoms with E-state index in [-0.39, 0.29) is 11.3 Å². The molecule has 1 fully saturated rings. The van der Waals surface area contributed by atoms with Crippen LogP contribution in [0, 0.1) is 0 Å². The van der Waals surface area contributed by atoms with Gasteiger partial charge in [-0.05, 0) is 67.5 Å². The quantitative estimate of drug-likeness (QED) is 0.490. The third kappa shape index (κ3) is 7.06. The molecule has 2 aromatic rings. The Morgan fingerprint density at radius 2 is 1.52 bits per heavy atom. The van der Waals surface area contributed by atoms with Crippen molar-refractivity contribution in [3.8, 4) is 0 Å². The Morgan fingerprint density at radius 3 is 2.10 bits per heavy atom. The van der Waals surface area contributed by atoms with E-state index in [2.05, 4.69) is 4.72 Å². The zero-order chi connectivity index (χ0) is 22.3. The van der Waals surface area contributed by atoms with Gasteiger partial charge in [0.25, 0.3) is 0 Å². The second-order valence-electron chi connectivity index (χ2n) is 8.49. The Kier molecular flexibility index (Phi) is 8.14. The Morgan fingerprint density at radius 1 is 0.935 bits per heavy atom. The molecule has 0 heterocycles. The molecule has 0 bridgehead atoms. The molecule has 0 radical (unpaired) electrons. The molecule has 31 heavy (non-hydrogen) atoms. The Balaban J connectivity index is 1.77. The van der Waals surface area contributed by atoms with Crippen LogP contribution in [0.1, 0.15) is 62.5 Å². The van der Waals surface area contributed by atoms with Gasteiger partial charge >= 0.3 is 5.97 Å². The first-order chi connectivity index (χ1) is 14.8. The lowest BCUT2D eigenvalue weighted by Gasteiger charge is -2.34. The van der Waals surface area contributed by atoms with Crippen LogP contribution in [-0.2, 0) is 27.7 Å². The molecule has 0 amide bonds. The van der Waals surface area contributed by atoms with Crippen LogP contribution >= 0.6 is 11.6 Å². The van der Waals surface area contributed by atoms with Gasteiger partial charge in [0.05, 0.1) is 4.90 Å². The average molecular weight is 464 g/mol. The van der Waals surface area contributed by atoms with Crippen molar-refractivity contribution in [2.24, 2.45) is 0 Å². The fourth-order valence-electron chi connectivity index (χ4n) is 4.34. The summed E-state index contributed by atoms with van der Waals surface area (Å²) < 4.78 is 29.3. The first-order valence-corrected chi connectivity index (χ1v) is 12.7. The summed E-state index contributed by atoms with van der Waals surface area (Å²) in [6, 6.07) is 14.4. The first-order valence-electron chi connectivity index (χ1n) is 10.9. The van der Waals surface area contributed by atoms with E-state index >= 15 is 0 Å². The number of aliphatic carboxylic acids is 1. The SMILES string of the molecule is O=C(O)CCCc1ccc(CC2(NS(=O)(=O)c3ccc(Cl)cc3)CCCCCC2)cc1. The van der Waals surface area contributed by atoms with E-state index in [1.807, 2.05) is 24.3 Å². The maximum Gasteiger partial charge on any atom is 0.303 e. The minimum atomic E-state index is -3.66. The summed E-state index contributed by atoms with van der Waals surface area (Å²) in [6.07, 6.45) is 7.97. The third-order valence-electron chi connectivity index (χ3n) is 5.96. The fraction of sp³-hybridized carbons (Fsp3) is 0.458. The van der Waals surface area contributed by atoms with Crippen LogP contribution in [0.4, 0.5) is 0 Å². The van der Waals surface area contributed by atoms with Crippen LogP contribution in [0.2, 0.25) is 5.02 Å². The number of hydrogen-bond acceptors (Lipinski definition) is 3. The van der Waals surface area contributed by atoms with E-state index in [1.165, 1.54) is 0 Å². The zero-order valence-electron chi connectivity index (χ0n) is 17.6. The third-order valence-corrected chi connectivity index (χ3v) is 7.80. The van der Waals surface area contributed by atoms with Crippen molar-refractivity contribution in [1.82, 2.24) is 4.72 Å². The van der Waals surface area contributed by atoms with Crippen molar-refractivity contribution in [2.75, 3.05) is 0 Å². The maximum absolute atomic E-state index is 13.1. The van der Waals surface area contributed by atoms with Crippen molar-refractivity contribution in [3.05, 3.63) is 64.7 Å². The van der Waals surface area contributed by atoms with Crippen molar-refractivity contribution in [3.63, 3.8) is 0 Å². The molecule has 1 saturated carbocycles. The smallest absolute Gasteiger partial charge is 0.303 e. The van der Waals surface area contributed by atoms with E-state index in [9.17, 15) is 13.2 Å². The molecule has 0 atom stereocenters. The summed E-state index contributed by atoms with van der Waals surface area (Å²) in [6.45, 7) is 0. The summed E-state index contributed by atoms with van der Waals surface area (Å²) in [5, 5.41) is 9.30. The van der Waals surface area contributed by atoms with Gasteiger partial charge in [-0.2, -0.15) is 0 Å². The Hall–Kier alpha value is -1.89. The highest BCUT2D eigenvalue weighted by atomic mass is 35.5. The second-order valence-corrected chi connectivity index (χ2v) is 10.6. The lowest BCUT2D eigenvalue weighted by Crippen LogP contribution is -2.49. The first kappa shape index (κ1) is 23.8. The predicted octanol–water partition coefficient (Wildman–Crippen LogP) is 5.36. The molecule has 5 nitrogen and oxygen atoms in total. The number of carboxylic acid groups (broad SMARTS) is 1. The Labute approximate surface area is 189 Å². The largest absolute Gasteiger partial charge is 0.481 e. The molecule has 2 N–H and O–H groups in total. The minimum Gasteiger partial charge on any atom is -0.481 e. The molecule has 1 aliphatic rings. The summed E-state index contributed by atoms with van der Waals surface area (Å²) >= 11 is 5.93. The topological polar surface area (TPSA) is 83.5 Å². The number of aryl methyl sites for hydroxylation is 1. The normalized spacial score (nSPS) is 16.5. The summed E-state index contributed by atoms with van der Waals surface area (Å²) in [5.74, 6) is -0.778. The lowest BCUT2D eigenvalue weighted by molar-refractivity contribution is -0.137. The molecule has 0 spiro atoms. The van der Waals surface area contributed by atoms with Crippen LogP contribution in [0.25, 0.3) is 0 Å². The van der Waals surface area contributed by atoms with E-state index in [0.29, 0.717) is 17.9 Å². The highest BCUT2D eigenvalue weighted by Gasteiger charge is 2.35. The minimum absolute atomic E-state index is 0.164. The number of hydrogen-bond donors (Lipinski definition) is 2. The lowest BCUT2D eigenvalue weighted by atomic mass is 9.84. The molecular formula is C24H30ClNO4S. The van der Waals surface area contributed by atoms with Gasteiger partial charge in [-0.15, -0.1) is 0 Å². The van der Waals surface area contributed by atoms with Crippen molar-refractivity contribution in [1.29, 1.82) is 0 Å². The van der Waals surface area contributed by atoms with Gasteiger partial charge in [-0.1, -0.05) is 61.5 Å². The van der Waals surface area contributed by atoms with Gasteiger partial charge < -0.3 is 5.11 Å². The van der Waals surface area contributed by atoms with Gasteiger partial charge in [0.15, 0.2) is 0 Å². The molecule has 3 rings (SSSR count). The van der Waals surface area contributed by atoms with Gasteiger partial charge in [0, 0.05) is 17.0 Å². The number of sulfonamides is 1. The number of rotatable bonds is 9. The summed E-state index contributed by atoms with van der Waals surface area (Å²) in [4.78, 5) is 10.9. The van der Waals surface area contributed by atoms with Crippen molar-refractivity contribution >= 4 is 27.6 Å². The van der Waals surface area contributed by atoms with Crippen LogP contribution < -0.4 is 4.72 Å². The predicted molar refractivity (Wildman–Crippen MR) is 123 cm³/mol. The second kappa shape index (κ2) is 10.6. The summed E-state index contributed by atoms with van der Waals surface area (Å²) in [7, 11) is -3.66. The summed E-state index contributed by atoms with van der Waals surface area (Å²) in [5.41, 5.74) is 1.67. The standard InChI is InChI=1S/C24H30ClNO4S/c25-21-12-14-22(15-13-21)31(29,30)26-24(16-3-1-2-4-17-24)18-20-10-8-19(9-11-20)6-5-7-23(27)28/h8-15,26H,1-7,16-18H2,(H,27,28). The average Bonchev–Trinajstić information content (AvgIpc) is 2.94. The molecular weight excluding hydrogens is 434 g/mol. The van der Waals surface area contributed by atoms with Gasteiger partial charge in [-0.25, -0.2) is 13.1 Å². The van der Waals surface area contributed by atoms with Crippen LogP contribution in [0.15, 0.2) is 53.4 Å². The molecule has 0 unspecified atom stereocenters. The van der Waals surface area contributed by atoms with E-state index < -0.39 is 21.5 Å². The van der Waals surface area contributed by atoms with Crippen molar-refractivity contribution < 1.29 is 18.3 Å². The van der Waals surface area contributed by atoms with E-state index in [0.717, 1.165) is 56.1 Å². The van der Waals surface area contributed by atoms with Crippen LogP contribution in [0.5, 0.6) is 0 Å². The Bertz CT molecular complexity index is 964. The molecule has 0 saturated heterocycles. The van der Waals surface area contributed by atoms with Crippen molar-refractivity contribution in [2.45, 2.75) is 74.6 Å². The van der Waals surface area contributed by atoms with Crippen LogP contribution in [-0.4, -0.2) is 25.0 Å². The number of nitrogens with one attached hydrogen (secondary N) is 1. The molecule has 0 aromatic heterocycles. The highest BCUT2D eigenvalue weighted by Crippen LogP contribution is 2.32. The van der Waals surface area contributed by atoms with Gasteiger partial charge in [0.2, 0.25) is 10.0 Å². The van der Waals surface area contributed by atoms with Gasteiger partial charge in [-0.3, -0.25) is 4.79 Å². The number of benzene rings is 2. The van der Waals surface area contributed by atoms with Gasteiger partial charge in [0.1, 0.15) is 0 Å². The maximum atomic E-state index is 13.1. The monoisotopic (exact) mass is 463 g/mol.